The van der Waals surface area contributed by atoms with E-state index in [1.807, 2.05) is 0 Å². The zero-order chi connectivity index (χ0) is 8.97. The van der Waals surface area contributed by atoms with Crippen molar-refractivity contribution < 1.29 is 4.39 Å². The van der Waals surface area contributed by atoms with Gasteiger partial charge in [-0.1, -0.05) is 12.0 Å². The Morgan fingerprint density at radius 1 is 1.58 bits per heavy atom. The first-order chi connectivity index (χ1) is 5.79. The molecule has 3 heteroatoms. The number of benzene rings is 1. The van der Waals surface area contributed by atoms with Gasteiger partial charge in [0.25, 0.3) is 0 Å². The number of rotatable bonds is 1. The van der Waals surface area contributed by atoms with Gasteiger partial charge in [-0.15, -0.1) is 6.42 Å². The van der Waals surface area contributed by atoms with Gasteiger partial charge in [-0.05, 0) is 12.1 Å². The second-order valence-corrected chi connectivity index (χ2v) is 2.12. The average molecular weight is 162 g/mol. The SMILES string of the molecule is C#Cc1cccc(F)c1C=NN. The molecule has 0 aliphatic carbocycles. The molecule has 0 bridgehead atoms. The first kappa shape index (κ1) is 8.28. The number of nitrogens with zero attached hydrogens (tertiary/aromatic N) is 1. The number of terminal acetylenes is 1. The molecule has 0 amide bonds. The molecule has 0 saturated heterocycles. The summed E-state index contributed by atoms with van der Waals surface area (Å²) in [6, 6.07) is 4.47. The van der Waals surface area contributed by atoms with Crippen molar-refractivity contribution in [1.82, 2.24) is 0 Å². The van der Waals surface area contributed by atoms with E-state index >= 15 is 0 Å². The van der Waals surface area contributed by atoms with Crippen LogP contribution in [0.2, 0.25) is 0 Å². The maximum absolute atomic E-state index is 13.0. The Labute approximate surface area is 69.9 Å². The zero-order valence-corrected chi connectivity index (χ0v) is 6.29. The van der Waals surface area contributed by atoms with Crippen LogP contribution in [0.3, 0.4) is 0 Å². The summed E-state index contributed by atoms with van der Waals surface area (Å²) in [5.41, 5.74) is 0.701. The molecular formula is C9H7FN2. The molecule has 2 N–H and O–H groups in total. The lowest BCUT2D eigenvalue weighted by molar-refractivity contribution is 0.625. The van der Waals surface area contributed by atoms with Gasteiger partial charge in [-0.2, -0.15) is 5.10 Å². The van der Waals surface area contributed by atoms with E-state index in [4.69, 9.17) is 12.3 Å². The van der Waals surface area contributed by atoms with Gasteiger partial charge in [-0.3, -0.25) is 0 Å². The third-order valence-electron chi connectivity index (χ3n) is 1.41. The smallest absolute Gasteiger partial charge is 0.133 e. The van der Waals surface area contributed by atoms with Crippen LogP contribution in [-0.2, 0) is 0 Å². The van der Waals surface area contributed by atoms with E-state index in [0.29, 0.717) is 5.56 Å². The van der Waals surface area contributed by atoms with Crippen LogP contribution < -0.4 is 5.84 Å². The Morgan fingerprint density at radius 2 is 2.33 bits per heavy atom. The van der Waals surface area contributed by atoms with Gasteiger partial charge >= 0.3 is 0 Å². The predicted octanol–water partition coefficient (Wildman–Crippen LogP) is 1.10. The number of nitrogens with two attached hydrogens (primary N) is 1. The van der Waals surface area contributed by atoms with Crippen LogP contribution in [0, 0.1) is 18.2 Å². The molecule has 0 heterocycles. The van der Waals surface area contributed by atoms with Gasteiger partial charge in [0.05, 0.1) is 6.21 Å². The van der Waals surface area contributed by atoms with Gasteiger partial charge in [0.2, 0.25) is 0 Å². The van der Waals surface area contributed by atoms with Crippen LogP contribution in [-0.4, -0.2) is 6.21 Å². The van der Waals surface area contributed by atoms with Crippen LogP contribution in [0.25, 0.3) is 0 Å². The van der Waals surface area contributed by atoms with E-state index in [2.05, 4.69) is 11.0 Å². The molecule has 0 atom stereocenters. The fraction of sp³-hybridized carbons (Fsp3) is 0. The highest BCUT2D eigenvalue weighted by Crippen LogP contribution is 2.09. The highest BCUT2D eigenvalue weighted by Gasteiger charge is 2.02. The Morgan fingerprint density at radius 3 is 2.92 bits per heavy atom. The minimum Gasteiger partial charge on any atom is -0.323 e. The van der Waals surface area contributed by atoms with Crippen LogP contribution in [0.1, 0.15) is 11.1 Å². The Hall–Kier alpha value is -1.82. The monoisotopic (exact) mass is 162 g/mol. The van der Waals surface area contributed by atoms with Crippen LogP contribution in [0.4, 0.5) is 4.39 Å². The topological polar surface area (TPSA) is 38.4 Å². The largest absolute Gasteiger partial charge is 0.323 e. The molecule has 0 fully saturated rings. The molecule has 12 heavy (non-hydrogen) atoms. The molecule has 1 rings (SSSR count). The van der Waals surface area contributed by atoms with E-state index in [-0.39, 0.29) is 5.56 Å². The number of hydrogen-bond acceptors (Lipinski definition) is 2. The van der Waals surface area contributed by atoms with Crippen molar-refractivity contribution in [2.75, 3.05) is 0 Å². The van der Waals surface area contributed by atoms with Gasteiger partial charge in [0.1, 0.15) is 5.82 Å². The summed E-state index contributed by atoms with van der Waals surface area (Å²) < 4.78 is 13.0. The summed E-state index contributed by atoms with van der Waals surface area (Å²) in [6.45, 7) is 0. The first-order valence-corrected chi connectivity index (χ1v) is 3.28. The average Bonchev–Trinajstić information content (AvgIpc) is 2.09. The summed E-state index contributed by atoms with van der Waals surface area (Å²) in [7, 11) is 0. The summed E-state index contributed by atoms with van der Waals surface area (Å²) in [4.78, 5) is 0. The van der Waals surface area contributed by atoms with Gasteiger partial charge < -0.3 is 5.84 Å². The molecule has 0 aromatic heterocycles. The van der Waals surface area contributed by atoms with E-state index < -0.39 is 5.82 Å². The number of hydrogen-bond donors (Lipinski definition) is 1. The van der Waals surface area contributed by atoms with Crippen molar-refractivity contribution in [3.63, 3.8) is 0 Å². The minimum atomic E-state index is -0.417. The Kier molecular flexibility index (Phi) is 2.44. The maximum Gasteiger partial charge on any atom is 0.133 e. The highest BCUT2D eigenvalue weighted by atomic mass is 19.1. The normalized spacial score (nSPS) is 10.0. The molecule has 0 saturated carbocycles. The number of hydrazone groups is 1. The predicted molar refractivity (Wildman–Crippen MR) is 46.1 cm³/mol. The van der Waals surface area contributed by atoms with Crippen molar-refractivity contribution in [2.24, 2.45) is 10.9 Å². The summed E-state index contributed by atoms with van der Waals surface area (Å²) in [5, 5.41) is 3.21. The summed E-state index contributed by atoms with van der Waals surface area (Å²) in [5.74, 6) is 6.80. The van der Waals surface area contributed by atoms with E-state index in [9.17, 15) is 4.39 Å². The molecule has 60 valence electrons. The molecule has 0 spiro atoms. The maximum atomic E-state index is 13.0. The lowest BCUT2D eigenvalue weighted by atomic mass is 10.1. The fourth-order valence-corrected chi connectivity index (χ4v) is 0.869. The second kappa shape index (κ2) is 3.54. The van der Waals surface area contributed by atoms with Crippen molar-refractivity contribution in [1.29, 1.82) is 0 Å². The third-order valence-corrected chi connectivity index (χ3v) is 1.41. The molecule has 2 nitrogen and oxygen atoms in total. The van der Waals surface area contributed by atoms with Crippen molar-refractivity contribution in [3.8, 4) is 12.3 Å². The van der Waals surface area contributed by atoms with Gasteiger partial charge in [-0.25, -0.2) is 4.39 Å². The fourth-order valence-electron chi connectivity index (χ4n) is 0.869. The molecule has 1 aromatic rings. The molecule has 0 radical (unpaired) electrons. The third kappa shape index (κ3) is 1.43. The Bertz CT molecular complexity index is 350. The van der Waals surface area contributed by atoms with E-state index in [0.717, 1.165) is 0 Å². The summed E-state index contributed by atoms with van der Waals surface area (Å²) >= 11 is 0. The second-order valence-electron chi connectivity index (χ2n) is 2.12. The lowest BCUT2D eigenvalue weighted by Crippen LogP contribution is -1.95. The standard InChI is InChI=1S/C9H7FN2/c1-2-7-4-3-5-9(10)8(7)6-12-11/h1,3-6H,11H2. The first-order valence-electron chi connectivity index (χ1n) is 3.28. The molecule has 1 aromatic carbocycles. The van der Waals surface area contributed by atoms with Crippen LogP contribution in [0.15, 0.2) is 23.3 Å². The highest BCUT2D eigenvalue weighted by molar-refractivity contribution is 5.83. The lowest BCUT2D eigenvalue weighted by Gasteiger charge is -1.98. The van der Waals surface area contributed by atoms with Crippen LogP contribution >= 0.6 is 0 Å². The molecule has 0 aliphatic heterocycles. The summed E-state index contributed by atoms with van der Waals surface area (Å²) in [6.07, 6.45) is 6.33. The van der Waals surface area contributed by atoms with Crippen molar-refractivity contribution >= 4 is 6.21 Å². The molecule has 0 aliphatic rings. The van der Waals surface area contributed by atoms with Crippen LogP contribution in [0.5, 0.6) is 0 Å². The quantitative estimate of drug-likeness (QED) is 0.285. The van der Waals surface area contributed by atoms with Crippen molar-refractivity contribution in [3.05, 3.63) is 35.1 Å². The molecular weight excluding hydrogens is 155 g/mol. The number of halogens is 1. The van der Waals surface area contributed by atoms with Gasteiger partial charge in [0, 0.05) is 11.1 Å². The minimum absolute atomic E-state index is 0.252. The van der Waals surface area contributed by atoms with Crippen molar-refractivity contribution in [2.45, 2.75) is 0 Å². The van der Waals surface area contributed by atoms with Gasteiger partial charge in [0.15, 0.2) is 0 Å². The Balaban J connectivity index is 3.32. The zero-order valence-electron chi connectivity index (χ0n) is 6.29. The van der Waals surface area contributed by atoms with E-state index in [1.54, 1.807) is 12.1 Å². The van der Waals surface area contributed by atoms with E-state index in [1.165, 1.54) is 12.3 Å². The molecule has 0 unspecified atom stereocenters.